The van der Waals surface area contributed by atoms with Gasteiger partial charge in [0.1, 0.15) is 0 Å². The van der Waals surface area contributed by atoms with Gasteiger partial charge >= 0.3 is 25.8 Å². The zero-order chi connectivity index (χ0) is 2.71. The van der Waals surface area contributed by atoms with Gasteiger partial charge in [0.2, 0.25) is 0 Å². The molecule has 0 bridgehead atoms. The van der Waals surface area contributed by atoms with Gasteiger partial charge in [-0.1, -0.05) is 0 Å². The molecule has 0 aliphatic rings. The van der Waals surface area contributed by atoms with E-state index in [0.29, 0.717) is 0 Å². The van der Waals surface area contributed by atoms with E-state index in [2.05, 4.69) is 27.6 Å². The second-order valence-electron chi connectivity index (χ2n) is 0.0583. The Morgan fingerprint density at radius 1 is 1.20 bits per heavy atom. The minimum absolute atomic E-state index is 0. The van der Waals surface area contributed by atoms with Gasteiger partial charge in [-0.2, -0.15) is 3.84 Å². The van der Waals surface area contributed by atoms with Crippen molar-refractivity contribution in [2.45, 2.75) is 0 Å². The fraction of sp³-hybridized carbons (Fsp3) is 0. The number of hydrogen-bond acceptors (Lipinski definition) is 1. The molecule has 0 aromatic heterocycles. The van der Waals surface area contributed by atoms with Gasteiger partial charge in [0, 0.05) is 0 Å². The van der Waals surface area contributed by atoms with Crippen molar-refractivity contribution in [2.24, 2.45) is 0 Å². The summed E-state index contributed by atoms with van der Waals surface area (Å²) in [6.07, 6.45) is 0. The van der Waals surface area contributed by atoms with Crippen molar-refractivity contribution in [3.8, 4) is 0 Å². The van der Waals surface area contributed by atoms with Crippen LogP contribution in [-0.4, -0.2) is 5.48 Å². The summed E-state index contributed by atoms with van der Waals surface area (Å²) >= 11 is 8.53. The van der Waals surface area contributed by atoms with Gasteiger partial charge in [0.25, 0.3) is 0 Å². The molecule has 5 heavy (non-hydrogen) atoms. The van der Waals surface area contributed by atoms with Crippen molar-refractivity contribution in [3.63, 3.8) is 0 Å². The van der Waals surface area contributed by atoms with Crippen LogP contribution in [0.25, 0.3) is 0 Å². The van der Waals surface area contributed by atoms with Crippen molar-refractivity contribution in [3.05, 3.63) is 0 Å². The van der Waals surface area contributed by atoms with Crippen LogP contribution < -0.4 is 0 Å². The van der Waals surface area contributed by atoms with Crippen molar-refractivity contribution >= 4 is 23.7 Å². The van der Waals surface area contributed by atoms with Gasteiger partial charge in [-0.15, -0.1) is 0 Å². The second-order valence-corrected chi connectivity index (χ2v) is 0.525. The number of hydrogen-bond donors (Lipinski definition) is 0. The zero-order valence-corrected chi connectivity index (χ0v) is 7.27. The van der Waals surface area contributed by atoms with Crippen molar-refractivity contribution in [2.75, 3.05) is 0 Å². The van der Waals surface area contributed by atoms with Crippen LogP contribution in [0.1, 0.15) is 0 Å². The van der Waals surface area contributed by atoms with Crippen LogP contribution in [0, 0.1) is 0 Å². The van der Waals surface area contributed by atoms with Crippen LogP contribution in [0.2, 0.25) is 0 Å². The molecule has 28 valence electrons. The molecule has 0 aliphatic carbocycles. The fourth-order valence-electron chi connectivity index (χ4n) is 0. The third kappa shape index (κ3) is 32.5. The van der Waals surface area contributed by atoms with E-state index in [9.17, 15) is 0 Å². The first-order valence-electron chi connectivity index (χ1n) is 0.309. The van der Waals surface area contributed by atoms with E-state index in [1.807, 2.05) is 0 Å². The average Bonchev–Trinajstić information content (AvgIpc) is 0.918. The van der Waals surface area contributed by atoms with Crippen LogP contribution in [0.15, 0.2) is 0 Å². The third-order valence-electron chi connectivity index (χ3n) is 0. The molecule has 0 atom stereocenters. The molecule has 0 aromatic carbocycles. The molecule has 0 saturated heterocycles. The molecule has 0 unspecified atom stereocenters. The molecule has 0 fully saturated rings. The van der Waals surface area contributed by atoms with E-state index in [-0.39, 0.29) is 31.3 Å². The maximum absolute atomic E-state index is 4.26. The van der Waals surface area contributed by atoms with Crippen molar-refractivity contribution in [1.82, 2.24) is 0 Å². The maximum Gasteiger partial charge on any atom is 4.00 e. The van der Waals surface area contributed by atoms with Crippen molar-refractivity contribution in [1.29, 1.82) is 0 Å². The van der Waals surface area contributed by atoms with Gasteiger partial charge in [0.05, 0.1) is 23.7 Å². The zero-order valence-electron chi connectivity index (χ0n) is 2.16. The van der Waals surface area contributed by atoms with E-state index in [0.717, 1.165) is 0 Å². The minimum atomic E-state index is 0. The quantitative estimate of drug-likeness (QED) is 0.596. The molecular formula is H2Cl2HfO2+4. The van der Waals surface area contributed by atoms with Gasteiger partial charge in [-0.05, 0) is 0 Å². The molecule has 0 heterocycles. The SMILES string of the molecule is ClOCl.O.[Hf+4]. The summed E-state index contributed by atoms with van der Waals surface area (Å²) in [5, 5.41) is 0. The summed E-state index contributed by atoms with van der Waals surface area (Å²) in [5.41, 5.74) is 0. The molecule has 0 aromatic rings. The number of halogens is 2. The molecule has 2 nitrogen and oxygen atoms in total. The summed E-state index contributed by atoms with van der Waals surface area (Å²) in [7, 11) is 0. The van der Waals surface area contributed by atoms with Gasteiger partial charge in [0.15, 0.2) is 0 Å². The Morgan fingerprint density at radius 2 is 1.20 bits per heavy atom. The standard InChI is InChI=1S/Cl2O.Hf.H2O/c1-3-2;;/h;;1H2/q;+4;. The monoisotopic (exact) mass is 284 g/mol. The van der Waals surface area contributed by atoms with E-state index in [1.54, 1.807) is 0 Å². The Hall–Kier alpha value is 1.37. The van der Waals surface area contributed by atoms with E-state index >= 15 is 0 Å². The van der Waals surface area contributed by atoms with Crippen LogP contribution in [0.4, 0.5) is 0 Å². The molecule has 5 heteroatoms. The Bertz CT molecular complexity index is 7.61. The largest absolute Gasteiger partial charge is 4.00 e. The Kier molecular flexibility index (Phi) is 59.1. The molecular weight excluding hydrogens is 281 g/mol. The van der Waals surface area contributed by atoms with E-state index in [4.69, 9.17) is 0 Å². The Labute approximate surface area is 58.8 Å². The van der Waals surface area contributed by atoms with Gasteiger partial charge < -0.3 is 5.48 Å². The van der Waals surface area contributed by atoms with Crippen molar-refractivity contribution < 1.29 is 35.2 Å². The van der Waals surface area contributed by atoms with Crippen LogP contribution in [0.3, 0.4) is 0 Å². The van der Waals surface area contributed by atoms with Gasteiger partial charge in [-0.3, -0.25) is 0 Å². The second kappa shape index (κ2) is 18.3. The summed E-state index contributed by atoms with van der Waals surface area (Å²) in [6, 6.07) is 0. The first-order chi connectivity index (χ1) is 1.41. The normalized spacial score (nSPS) is 3.60. The van der Waals surface area contributed by atoms with Crippen LogP contribution in [-0.2, 0) is 29.7 Å². The molecule has 0 spiro atoms. The van der Waals surface area contributed by atoms with E-state index < -0.39 is 0 Å². The third-order valence-corrected chi connectivity index (χ3v) is 0. The first kappa shape index (κ1) is 16.2. The molecule has 0 saturated carbocycles. The summed E-state index contributed by atoms with van der Waals surface area (Å²) in [4.78, 5) is 0. The molecule has 0 aliphatic heterocycles. The summed E-state index contributed by atoms with van der Waals surface area (Å²) in [6.45, 7) is 0. The molecule has 0 radical (unpaired) electrons. The fourth-order valence-corrected chi connectivity index (χ4v) is 0. The van der Waals surface area contributed by atoms with Gasteiger partial charge in [-0.25, -0.2) is 0 Å². The topological polar surface area (TPSA) is 40.7 Å². The Morgan fingerprint density at radius 3 is 1.20 bits per heavy atom. The predicted molar refractivity (Wildman–Crippen MR) is 16.4 cm³/mol. The van der Waals surface area contributed by atoms with E-state index in [1.165, 1.54) is 0 Å². The smallest absolute Gasteiger partial charge is 0.412 e. The van der Waals surface area contributed by atoms with Crippen LogP contribution in [0.5, 0.6) is 0 Å². The predicted octanol–water partition coefficient (Wildman–Crippen LogP) is 0.483. The summed E-state index contributed by atoms with van der Waals surface area (Å²) in [5.74, 6) is 0. The summed E-state index contributed by atoms with van der Waals surface area (Å²) < 4.78 is 3.19. The number of rotatable bonds is 0. The molecule has 2 N–H and O–H groups in total. The molecule has 0 amide bonds. The average molecular weight is 283 g/mol. The minimum Gasteiger partial charge on any atom is -0.412 e. The van der Waals surface area contributed by atoms with Crippen LogP contribution >= 0.6 is 23.7 Å². The molecule has 0 rings (SSSR count). The Balaban J connectivity index is -0.0000000200. The first-order valence-corrected chi connectivity index (χ1v) is 0.926. The maximum atomic E-state index is 4.26.